The molecule has 0 unspecified atom stereocenters. The topological polar surface area (TPSA) is 535 Å². The van der Waals surface area contributed by atoms with Crippen LogP contribution in [0.1, 0.15) is 176 Å². The number of hydrogen-bond acceptors (Lipinski definition) is 32. The van der Waals surface area contributed by atoms with Crippen LogP contribution in [0.3, 0.4) is 0 Å². The summed E-state index contributed by atoms with van der Waals surface area (Å²) < 4.78 is 27.2. The summed E-state index contributed by atoms with van der Waals surface area (Å²) in [5.41, 5.74) is 11.9. The smallest absolute Gasteiger partial charge is 0.265 e. The van der Waals surface area contributed by atoms with E-state index in [4.69, 9.17) is 47.9 Å². The molecule has 0 saturated carbocycles. The highest BCUT2D eigenvalue weighted by atomic mass is 16.7. The Bertz CT molecular complexity index is 5610. The predicted molar refractivity (Wildman–Crippen MR) is 552 cm³/mol. The van der Waals surface area contributed by atoms with E-state index >= 15 is 0 Å². The summed E-state index contributed by atoms with van der Waals surface area (Å²) in [7, 11) is 7.48. The first-order valence-corrected chi connectivity index (χ1v) is 47.5. The minimum atomic E-state index is -1.27. The second kappa shape index (κ2) is 57.3. The van der Waals surface area contributed by atoms with Crippen LogP contribution >= 0.6 is 0 Å². The van der Waals surface area contributed by atoms with E-state index in [0.29, 0.717) is 18.8 Å². The molecule has 1 aliphatic heterocycles. The van der Waals surface area contributed by atoms with Crippen LogP contribution in [0, 0.1) is 34.5 Å². The zero-order valence-corrected chi connectivity index (χ0v) is 87.1. The lowest BCUT2D eigenvalue weighted by Gasteiger charge is -2.32. The standard InChI is InChI=1S/C22H33N3O5.C22H30N2O5.C22H32N2O5.C21H30N2O5.C19H27N3O5/c1-13-9-16-8-7-15(10-17(16)24-13)11-23-18(27)12-30-25-19(20(28)14(2)26)21(29-6)22(3,4)5;1-14(25)20(27)19(21(28-5)22(2,3)4)24-29-13-17(26)12-15-8-9-18-16(11-15)7-6-10-23-18;1-14(25)20(27)19(21(28-5)22(2,3)4)24-29-13-18(26)23-12-15-9-10-16-7-6-8-17(16)11-15;1-13(24)19(26)18(20(27-5)21(2,3)4)23-28-12-16(25)11-14-6-7-17-15(10-14)8-9-22-17;1-11(2)19(26-4)17(18(25)12(3)23)22-27-10-16(24)21-14-6-5-13-7-8-20-15(13)9-14/h7-10,14,20-21,24,26,28H,11-12H2,1-6H3,(H,23,27);6-11,14,20-21,25,27H,12-13H2,1-5H3;6,8-11,14,20-21,25,27H,7,12-13H2,1-5H3,(H,23,26);6-10,13,19-20,22,24,26H,11-12H2,1-5H3;5-6,8-9,11-12,18-19,23,25H,7,10H2,1-4H3,(H,21,24)/b25-19+;2*24-19+;23-18+;22-17+/t3*14-,20+,21-;13-,19+,20-;12-,18+,19+/m11111/s1. The number of amides is 3. The molecule has 0 fully saturated rings. The largest absolute Gasteiger partial charge is 0.390 e. The summed E-state index contributed by atoms with van der Waals surface area (Å²) in [6.07, 6.45) is -2.72. The van der Waals surface area contributed by atoms with Crippen LogP contribution in [0.15, 0.2) is 165 Å². The molecule has 0 radical (unpaired) electrons. The summed E-state index contributed by atoms with van der Waals surface area (Å²) >= 11 is 0. The number of aliphatic hydroxyl groups excluding tert-OH is 10. The number of H-pyrrole nitrogens is 2. The number of aryl methyl sites for hydroxylation is 1. The molecule has 0 saturated heterocycles. The molecule has 8 aromatic rings. The molecule has 3 aromatic heterocycles. The van der Waals surface area contributed by atoms with Gasteiger partial charge in [0, 0.05) is 114 Å². The van der Waals surface area contributed by atoms with E-state index in [9.17, 15) is 75.0 Å². The van der Waals surface area contributed by atoms with Gasteiger partial charge in [-0.2, -0.15) is 0 Å². The highest BCUT2D eigenvalue weighted by molar-refractivity contribution is 5.97. The molecular formula is C106H152N12O25. The van der Waals surface area contributed by atoms with Crippen molar-refractivity contribution in [3.8, 4) is 0 Å². The van der Waals surface area contributed by atoms with E-state index in [1.54, 1.807) is 18.3 Å². The van der Waals surface area contributed by atoms with Crippen molar-refractivity contribution in [1.82, 2.24) is 25.6 Å². The number of benzene rings is 5. The average Bonchev–Trinajstić information content (AvgIpc) is 1.85. The van der Waals surface area contributed by atoms with E-state index in [-0.39, 0.29) is 109 Å². The Kier molecular flexibility index (Phi) is 48.1. The van der Waals surface area contributed by atoms with Crippen molar-refractivity contribution in [2.75, 3.05) is 73.9 Å². The number of carbonyl (C=O) groups is 5. The van der Waals surface area contributed by atoms with Gasteiger partial charge >= 0.3 is 0 Å². The zero-order chi connectivity index (χ0) is 107. The lowest BCUT2D eigenvalue weighted by atomic mass is 9.83. The van der Waals surface area contributed by atoms with Crippen LogP contribution < -0.4 is 16.0 Å². The maximum absolute atomic E-state index is 12.3. The number of aliphatic hydroxyl groups is 10. The molecule has 5 aromatic carbocycles. The molecule has 15 atom stereocenters. The number of Topliss-reactive ketones (excluding diaryl/α,β-unsaturated/α-hetero) is 2. The molecule has 2 aliphatic rings. The Morgan fingerprint density at radius 1 is 0.420 bits per heavy atom. The number of aromatic nitrogens is 3. The highest BCUT2D eigenvalue weighted by Gasteiger charge is 2.41. The Labute approximate surface area is 838 Å². The van der Waals surface area contributed by atoms with Crippen molar-refractivity contribution in [2.45, 2.75) is 269 Å². The first-order valence-electron chi connectivity index (χ1n) is 47.5. The number of nitrogens with one attached hydrogen (secondary N) is 5. The first kappa shape index (κ1) is 120. The van der Waals surface area contributed by atoms with Crippen LogP contribution in [0.2, 0.25) is 0 Å². The summed E-state index contributed by atoms with van der Waals surface area (Å²) in [6, 6.07) is 36.8. The third-order valence-electron chi connectivity index (χ3n) is 22.6. The van der Waals surface area contributed by atoms with Crippen molar-refractivity contribution < 1.29 is 123 Å². The number of methoxy groups -OCH3 is 5. The number of aromatic amines is 2. The number of pyridine rings is 1. The van der Waals surface area contributed by atoms with Gasteiger partial charge in [-0.15, -0.1) is 0 Å². The molecule has 10 rings (SSSR count). The third kappa shape index (κ3) is 38.5. The van der Waals surface area contributed by atoms with Gasteiger partial charge in [0.25, 0.3) is 17.7 Å². The van der Waals surface area contributed by atoms with Crippen LogP contribution in [0.25, 0.3) is 38.8 Å². The van der Waals surface area contributed by atoms with Crippen LogP contribution in [-0.2, 0) is 111 Å². The van der Waals surface area contributed by atoms with Crippen molar-refractivity contribution in [2.24, 2.45) is 58.3 Å². The van der Waals surface area contributed by atoms with Gasteiger partial charge in [0.05, 0.1) is 41.7 Å². The number of allylic oxidation sites excluding steroid dienone is 1. The molecule has 37 heteroatoms. The lowest BCUT2D eigenvalue weighted by Crippen LogP contribution is -2.46. The van der Waals surface area contributed by atoms with Gasteiger partial charge in [-0.25, -0.2) is 0 Å². The highest BCUT2D eigenvalue weighted by Crippen LogP contribution is 2.33. The van der Waals surface area contributed by atoms with Crippen molar-refractivity contribution >= 4 is 114 Å². The fourth-order valence-electron chi connectivity index (χ4n) is 15.5. The van der Waals surface area contributed by atoms with Crippen LogP contribution in [-0.4, -0.2) is 290 Å². The summed E-state index contributed by atoms with van der Waals surface area (Å²) in [6.45, 7) is 35.4. The molecule has 0 spiro atoms. The molecule has 15 N–H and O–H groups in total. The molecule has 3 amide bonds. The van der Waals surface area contributed by atoms with Gasteiger partial charge in [0.1, 0.15) is 89.6 Å². The molecular weight excluding hydrogens is 1840 g/mol. The van der Waals surface area contributed by atoms with Gasteiger partial charge in [0.2, 0.25) is 0 Å². The van der Waals surface area contributed by atoms with Crippen molar-refractivity contribution in [3.63, 3.8) is 0 Å². The number of ketones is 2. The number of oxime groups is 5. The molecule has 37 nitrogen and oxygen atoms in total. The number of rotatable bonds is 45. The lowest BCUT2D eigenvalue weighted by molar-refractivity contribution is -0.126. The van der Waals surface area contributed by atoms with Crippen LogP contribution in [0.4, 0.5) is 11.4 Å². The second-order valence-electron chi connectivity index (χ2n) is 40.0. The minimum Gasteiger partial charge on any atom is -0.390 e. The van der Waals surface area contributed by atoms with Gasteiger partial charge in [-0.05, 0) is 192 Å². The van der Waals surface area contributed by atoms with Gasteiger partial charge < -0.3 is 125 Å². The van der Waals surface area contributed by atoms with E-state index in [0.717, 1.165) is 84.7 Å². The number of anilines is 1. The maximum Gasteiger partial charge on any atom is 0.265 e. The number of nitrogens with zero attached hydrogens (tertiary/aromatic N) is 7. The summed E-state index contributed by atoms with van der Waals surface area (Å²) in [4.78, 5) is 102. The Morgan fingerprint density at radius 2 is 0.832 bits per heavy atom. The Hall–Kier alpha value is -11.5. The number of carbonyl (C=O) groups excluding carboxylic acids is 5. The molecule has 143 heavy (non-hydrogen) atoms. The molecule has 0 bridgehead atoms. The molecule has 4 heterocycles. The predicted octanol–water partition coefficient (Wildman–Crippen LogP) is 11.0. The van der Waals surface area contributed by atoms with Crippen molar-refractivity contribution in [1.29, 1.82) is 0 Å². The van der Waals surface area contributed by atoms with Gasteiger partial charge in [0.15, 0.2) is 44.6 Å². The Morgan fingerprint density at radius 3 is 1.29 bits per heavy atom. The Balaban J connectivity index is 0.000000274. The normalized spacial score (nSPS) is 16.2. The molecule has 786 valence electrons. The maximum atomic E-state index is 12.3. The molecule has 1 aliphatic carbocycles. The average molecular weight is 1990 g/mol. The van der Waals surface area contributed by atoms with Crippen molar-refractivity contribution in [3.05, 3.63) is 178 Å². The fourth-order valence-corrected chi connectivity index (χ4v) is 15.5. The van der Waals surface area contributed by atoms with E-state index in [1.165, 1.54) is 81.3 Å². The fraction of sp³-hybridized carbons (Fsp3) is 0.528. The minimum absolute atomic E-state index is 0.00783. The zero-order valence-electron chi connectivity index (χ0n) is 87.1. The second-order valence-corrected chi connectivity index (χ2v) is 40.0. The monoisotopic (exact) mass is 1990 g/mol. The quantitative estimate of drug-likeness (QED) is 0.0124. The van der Waals surface area contributed by atoms with E-state index < -0.39 is 114 Å². The SMILES string of the molecule is CO[C@H](/C(=N/OCC(=O)Cc1ccc2[nH]ccc2c1)[C@@H](O)[C@@H](C)O)C(C)(C)C.CO[C@H](/C(=N/OCC(=O)Cc1ccc2ncccc2c1)[C@@H](O)[C@@H](C)O)C(C)(C)C.CO[C@H](/C(=N/OCC(=O)NCc1ccc2c(c1)C=CC2)[C@@H](O)[C@@H](C)O)C(C)(C)C.CO[C@H](/C(=N/OCC(=O)NCc1ccc2cc(C)[nH]c2c1)[C@@H](O)[C@@H](C)O)C(C)(C)C.CO[C@H](/C(=N/OCC(=O)Nc1ccc2c(c1)N=CC2)[C@@H](O)[C@@H](C)O)C(C)C. The first-order chi connectivity index (χ1) is 67.2. The third-order valence-corrected chi connectivity index (χ3v) is 22.6. The van der Waals surface area contributed by atoms with Gasteiger partial charge in [-0.1, -0.05) is 183 Å². The summed E-state index contributed by atoms with van der Waals surface area (Å²) in [5, 5.41) is 131. The number of hydrogen-bond donors (Lipinski definition) is 15. The number of aliphatic imine (C=N–C) groups is 1. The summed E-state index contributed by atoms with van der Waals surface area (Å²) in [5.74, 6) is -1.39. The van der Waals surface area contributed by atoms with Gasteiger partial charge in [-0.3, -0.25) is 33.9 Å². The van der Waals surface area contributed by atoms with E-state index in [2.05, 4.69) is 92.0 Å². The number of ether oxygens (including phenoxy) is 5. The van der Waals surface area contributed by atoms with Crippen LogP contribution in [0.5, 0.6) is 0 Å². The number of fused-ring (bicyclic) bond motifs is 5. The van der Waals surface area contributed by atoms with E-state index in [1.807, 2.05) is 201 Å².